The molecule has 0 radical (unpaired) electrons. The van der Waals surface area contributed by atoms with Gasteiger partial charge in [0.15, 0.2) is 5.82 Å². The summed E-state index contributed by atoms with van der Waals surface area (Å²) < 4.78 is 6.06. The number of hydrogen-bond donors (Lipinski definition) is 1. The third-order valence-electron chi connectivity index (χ3n) is 5.25. The average Bonchev–Trinajstić information content (AvgIpc) is 3.04. The van der Waals surface area contributed by atoms with Gasteiger partial charge in [-0.05, 0) is 35.9 Å². The molecule has 2 heterocycles. The Morgan fingerprint density at radius 3 is 2.28 bits per heavy atom. The van der Waals surface area contributed by atoms with Crippen LogP contribution < -0.4 is 15.2 Å². The Bertz CT molecular complexity index is 1230. The lowest BCUT2D eigenvalue weighted by Crippen LogP contribution is -2.33. The molecule has 2 aliphatic rings. The standard InChI is InChI=1S/C24H19ClN4O3/c1-27-24(31)29-19-13-12-17(25)14-20(19)28(18-10-6-3-7-11-18)23(30)21(22(29)26-27)32-15-16-8-4-2-5-9-16/h2-14,26H,15H2,1H3. The van der Waals surface area contributed by atoms with Gasteiger partial charge >= 0.3 is 11.9 Å². The second-order valence-electron chi connectivity index (χ2n) is 7.35. The molecule has 0 aliphatic carbocycles. The van der Waals surface area contributed by atoms with Gasteiger partial charge < -0.3 is 4.74 Å². The highest BCUT2D eigenvalue weighted by atomic mass is 35.5. The van der Waals surface area contributed by atoms with E-state index in [1.54, 1.807) is 25.2 Å². The fraction of sp³-hybridized carbons (Fsp3) is 0.0833. The van der Waals surface area contributed by atoms with Gasteiger partial charge in [-0.2, -0.15) is 0 Å². The largest absolute Gasteiger partial charge is 0.480 e. The number of nitrogens with zero attached hydrogens (tertiary/aromatic N) is 3. The molecular formula is C24H19ClN4O3. The number of carbonyl (C=O) groups excluding carboxylic acids is 2. The molecular weight excluding hydrogens is 428 g/mol. The predicted molar refractivity (Wildman–Crippen MR) is 122 cm³/mol. The first-order valence-electron chi connectivity index (χ1n) is 9.99. The number of hydrogen-bond acceptors (Lipinski definition) is 4. The fourth-order valence-electron chi connectivity index (χ4n) is 3.75. The lowest BCUT2D eigenvalue weighted by atomic mass is 10.2. The van der Waals surface area contributed by atoms with Crippen LogP contribution in [0.3, 0.4) is 0 Å². The lowest BCUT2D eigenvalue weighted by Gasteiger charge is -2.25. The van der Waals surface area contributed by atoms with Crippen molar-refractivity contribution in [2.75, 3.05) is 16.8 Å². The van der Waals surface area contributed by atoms with Crippen molar-refractivity contribution < 1.29 is 14.3 Å². The molecule has 0 spiro atoms. The quantitative estimate of drug-likeness (QED) is 0.626. The maximum atomic E-state index is 13.9. The van der Waals surface area contributed by atoms with E-state index in [9.17, 15) is 9.59 Å². The van der Waals surface area contributed by atoms with E-state index in [1.165, 1.54) is 14.8 Å². The van der Waals surface area contributed by atoms with Crippen molar-refractivity contribution in [3.05, 3.63) is 101 Å². The van der Waals surface area contributed by atoms with Crippen molar-refractivity contribution in [3.63, 3.8) is 0 Å². The van der Waals surface area contributed by atoms with Crippen LogP contribution in [0.25, 0.3) is 0 Å². The summed E-state index contributed by atoms with van der Waals surface area (Å²) in [6, 6.07) is 23.5. The van der Waals surface area contributed by atoms with E-state index in [2.05, 4.69) is 5.43 Å². The van der Waals surface area contributed by atoms with Crippen LogP contribution >= 0.6 is 11.6 Å². The lowest BCUT2D eigenvalue weighted by molar-refractivity contribution is -0.118. The highest BCUT2D eigenvalue weighted by molar-refractivity contribution is 6.31. The molecule has 0 unspecified atom stereocenters. The molecule has 0 bridgehead atoms. The summed E-state index contributed by atoms with van der Waals surface area (Å²) in [5.74, 6) is -0.119. The zero-order valence-corrected chi connectivity index (χ0v) is 17.9. The number of carbonyl (C=O) groups is 2. The van der Waals surface area contributed by atoms with Crippen molar-refractivity contribution in [1.29, 1.82) is 0 Å². The van der Waals surface area contributed by atoms with Gasteiger partial charge in [-0.15, -0.1) is 0 Å². The van der Waals surface area contributed by atoms with Crippen LogP contribution in [0, 0.1) is 0 Å². The van der Waals surface area contributed by atoms with Crippen LogP contribution in [0.1, 0.15) is 5.56 Å². The zero-order valence-electron chi connectivity index (χ0n) is 17.2. The Morgan fingerprint density at radius 2 is 1.56 bits per heavy atom. The predicted octanol–water partition coefficient (Wildman–Crippen LogP) is 4.78. The van der Waals surface area contributed by atoms with Crippen LogP contribution in [0.5, 0.6) is 0 Å². The number of ether oxygens (including phenoxy) is 1. The summed E-state index contributed by atoms with van der Waals surface area (Å²) in [6.07, 6.45) is 0. The molecule has 0 atom stereocenters. The van der Waals surface area contributed by atoms with Crippen LogP contribution in [-0.4, -0.2) is 24.0 Å². The van der Waals surface area contributed by atoms with Crippen LogP contribution in [0.4, 0.5) is 21.9 Å². The highest BCUT2D eigenvalue weighted by Crippen LogP contribution is 2.43. The second-order valence-corrected chi connectivity index (χ2v) is 7.79. The van der Waals surface area contributed by atoms with Crippen molar-refractivity contribution in [2.24, 2.45) is 0 Å². The Balaban J connectivity index is 1.69. The van der Waals surface area contributed by atoms with Crippen LogP contribution in [0.15, 0.2) is 90.4 Å². The van der Waals surface area contributed by atoms with Gasteiger partial charge in [0, 0.05) is 17.8 Å². The van der Waals surface area contributed by atoms with Gasteiger partial charge in [-0.3, -0.25) is 15.1 Å². The Hall–Kier alpha value is -3.97. The maximum absolute atomic E-state index is 13.9. The summed E-state index contributed by atoms with van der Waals surface area (Å²) in [4.78, 5) is 29.9. The summed E-state index contributed by atoms with van der Waals surface area (Å²) in [5.41, 5.74) is 5.50. The van der Waals surface area contributed by atoms with E-state index in [4.69, 9.17) is 16.3 Å². The van der Waals surface area contributed by atoms with Crippen LogP contribution in [0.2, 0.25) is 5.02 Å². The first-order valence-corrected chi connectivity index (χ1v) is 10.4. The highest BCUT2D eigenvalue weighted by Gasteiger charge is 2.43. The minimum atomic E-state index is -0.413. The number of amides is 3. The molecule has 3 aromatic rings. The summed E-state index contributed by atoms with van der Waals surface area (Å²) in [6.45, 7) is 0.165. The number of benzene rings is 3. The third-order valence-corrected chi connectivity index (χ3v) is 5.48. The number of rotatable bonds is 4. The number of anilines is 3. The molecule has 7 nitrogen and oxygen atoms in total. The average molecular weight is 447 g/mol. The topological polar surface area (TPSA) is 65.1 Å². The summed E-state index contributed by atoms with van der Waals surface area (Å²) >= 11 is 6.30. The first-order chi connectivity index (χ1) is 15.5. The van der Waals surface area contributed by atoms with Gasteiger partial charge in [0.25, 0.3) is 0 Å². The van der Waals surface area contributed by atoms with E-state index >= 15 is 0 Å². The number of nitrogens with one attached hydrogen (secondary N) is 1. The number of fused-ring (bicyclic) bond motifs is 3. The number of hydrazine groups is 1. The molecule has 0 aromatic heterocycles. The second kappa shape index (κ2) is 7.94. The third kappa shape index (κ3) is 3.33. The molecule has 5 rings (SSSR count). The summed E-state index contributed by atoms with van der Waals surface area (Å²) in [7, 11) is 1.59. The minimum Gasteiger partial charge on any atom is -0.480 e. The van der Waals surface area contributed by atoms with E-state index in [0.29, 0.717) is 22.1 Å². The molecule has 32 heavy (non-hydrogen) atoms. The van der Waals surface area contributed by atoms with Gasteiger partial charge in [-0.1, -0.05) is 60.1 Å². The molecule has 1 fully saturated rings. The van der Waals surface area contributed by atoms with Crippen LogP contribution in [-0.2, 0) is 16.1 Å². The first kappa shape index (κ1) is 20.0. The number of para-hydroxylation sites is 1. The van der Waals surface area contributed by atoms with Crippen molar-refractivity contribution in [1.82, 2.24) is 10.4 Å². The Morgan fingerprint density at radius 1 is 0.875 bits per heavy atom. The normalized spacial score (nSPS) is 15.4. The molecule has 3 aromatic carbocycles. The zero-order chi connectivity index (χ0) is 22.2. The summed E-state index contributed by atoms with van der Waals surface area (Å²) in [5, 5.41) is 1.76. The molecule has 8 heteroatoms. The SMILES string of the molecule is CN1NC2=C(OCc3ccccc3)C(=O)N(c3ccccc3)c3cc(Cl)ccc3N2C1=O. The van der Waals surface area contributed by atoms with E-state index in [1.807, 2.05) is 60.7 Å². The maximum Gasteiger partial charge on any atom is 0.348 e. The smallest absolute Gasteiger partial charge is 0.348 e. The Labute approximate surface area is 190 Å². The van der Waals surface area contributed by atoms with Crippen molar-refractivity contribution >= 4 is 40.6 Å². The fourth-order valence-corrected chi connectivity index (χ4v) is 3.91. The van der Waals surface area contributed by atoms with E-state index in [0.717, 1.165) is 5.56 Å². The molecule has 3 amide bonds. The minimum absolute atomic E-state index is 0.0303. The molecule has 2 aliphatic heterocycles. The van der Waals surface area contributed by atoms with Gasteiger partial charge in [0.05, 0.1) is 11.4 Å². The van der Waals surface area contributed by atoms with Gasteiger partial charge in [-0.25, -0.2) is 14.7 Å². The molecule has 1 saturated heterocycles. The van der Waals surface area contributed by atoms with E-state index in [-0.39, 0.29) is 24.2 Å². The van der Waals surface area contributed by atoms with E-state index < -0.39 is 5.91 Å². The number of halogens is 1. The molecule has 1 N–H and O–H groups in total. The van der Waals surface area contributed by atoms with Crippen molar-refractivity contribution in [2.45, 2.75) is 6.61 Å². The number of urea groups is 1. The molecule has 160 valence electrons. The van der Waals surface area contributed by atoms with Crippen molar-refractivity contribution in [3.8, 4) is 0 Å². The molecule has 0 saturated carbocycles. The van der Waals surface area contributed by atoms with Gasteiger partial charge in [0.2, 0.25) is 5.76 Å². The Kier molecular flexibility index (Phi) is 4.95. The van der Waals surface area contributed by atoms with Gasteiger partial charge in [0.1, 0.15) is 6.61 Å². The monoisotopic (exact) mass is 446 g/mol.